The highest BCUT2D eigenvalue weighted by molar-refractivity contribution is 6.31. The first-order valence-corrected chi connectivity index (χ1v) is 8.37. The van der Waals surface area contributed by atoms with Gasteiger partial charge in [0, 0.05) is 49.1 Å². The fraction of sp³-hybridized carbons (Fsp3) is 0.471. The number of hydrogen-bond acceptors (Lipinski definition) is 6. The number of fused-ring (bicyclic) bond motifs is 1. The van der Waals surface area contributed by atoms with Crippen molar-refractivity contribution in [2.24, 2.45) is 5.92 Å². The molecule has 0 spiro atoms. The highest BCUT2D eigenvalue weighted by Crippen LogP contribution is 2.37. The Morgan fingerprint density at radius 2 is 2.04 bits per heavy atom. The lowest BCUT2D eigenvalue weighted by molar-refractivity contribution is 0.137. The Kier molecular flexibility index (Phi) is 4.12. The SMILES string of the molecule is Cc1cc(C[C@@H]2CN(Cc3cc4c(cc3Cl)OCO4)C[C@@H]2O)on1. The number of halogens is 1. The van der Waals surface area contributed by atoms with Crippen LogP contribution in [0.15, 0.2) is 22.7 Å². The van der Waals surface area contributed by atoms with Crippen LogP contribution in [-0.4, -0.2) is 41.1 Å². The Bertz CT molecular complexity index is 748. The molecule has 0 saturated carbocycles. The molecule has 0 radical (unpaired) electrons. The maximum absolute atomic E-state index is 10.3. The highest BCUT2D eigenvalue weighted by atomic mass is 35.5. The molecule has 24 heavy (non-hydrogen) atoms. The van der Waals surface area contributed by atoms with E-state index in [1.54, 1.807) is 6.07 Å². The van der Waals surface area contributed by atoms with Crippen LogP contribution in [0, 0.1) is 12.8 Å². The van der Waals surface area contributed by atoms with E-state index in [9.17, 15) is 5.11 Å². The minimum atomic E-state index is -0.386. The average Bonchev–Trinajstić information content (AvgIpc) is 3.22. The third-order valence-electron chi connectivity index (χ3n) is 4.56. The molecule has 0 amide bonds. The molecule has 0 bridgehead atoms. The van der Waals surface area contributed by atoms with Gasteiger partial charge in [0.15, 0.2) is 11.5 Å². The number of nitrogens with zero attached hydrogens (tertiary/aromatic N) is 2. The summed E-state index contributed by atoms with van der Waals surface area (Å²) < 4.78 is 16.0. The molecular formula is C17H19ClN2O4. The van der Waals surface area contributed by atoms with Crippen LogP contribution in [0.2, 0.25) is 5.02 Å². The third kappa shape index (κ3) is 3.09. The fourth-order valence-corrected chi connectivity index (χ4v) is 3.58. The number of aliphatic hydroxyl groups excluding tert-OH is 1. The van der Waals surface area contributed by atoms with Gasteiger partial charge in [0.1, 0.15) is 5.76 Å². The molecule has 1 aromatic heterocycles. The maximum Gasteiger partial charge on any atom is 0.231 e. The van der Waals surface area contributed by atoms with Gasteiger partial charge in [-0.2, -0.15) is 0 Å². The molecule has 1 saturated heterocycles. The van der Waals surface area contributed by atoms with Gasteiger partial charge in [0.05, 0.1) is 11.8 Å². The van der Waals surface area contributed by atoms with E-state index in [1.165, 1.54) is 0 Å². The van der Waals surface area contributed by atoms with Crippen molar-refractivity contribution >= 4 is 11.6 Å². The number of benzene rings is 1. The van der Waals surface area contributed by atoms with Crippen molar-refractivity contribution in [3.63, 3.8) is 0 Å². The van der Waals surface area contributed by atoms with Gasteiger partial charge in [-0.15, -0.1) is 0 Å². The molecule has 6 nitrogen and oxygen atoms in total. The van der Waals surface area contributed by atoms with Gasteiger partial charge < -0.3 is 19.1 Å². The summed E-state index contributed by atoms with van der Waals surface area (Å²) in [7, 11) is 0. The average molecular weight is 351 g/mol. The summed E-state index contributed by atoms with van der Waals surface area (Å²) in [5, 5.41) is 14.9. The first kappa shape index (κ1) is 15.7. The van der Waals surface area contributed by atoms with E-state index in [2.05, 4.69) is 10.1 Å². The number of rotatable bonds is 4. The number of likely N-dealkylation sites (tertiary alicyclic amines) is 1. The summed E-state index contributed by atoms with van der Waals surface area (Å²) in [4.78, 5) is 2.20. The lowest BCUT2D eigenvalue weighted by Gasteiger charge is -2.16. The second kappa shape index (κ2) is 6.27. The number of β-amino-alcohol motifs (C(OH)–C–C–N with tert-alkyl or cyclic N) is 1. The van der Waals surface area contributed by atoms with Crippen LogP contribution in [0.4, 0.5) is 0 Å². The van der Waals surface area contributed by atoms with E-state index in [-0.39, 0.29) is 18.8 Å². The van der Waals surface area contributed by atoms with E-state index in [1.807, 2.05) is 19.1 Å². The van der Waals surface area contributed by atoms with Crippen molar-refractivity contribution in [1.82, 2.24) is 10.1 Å². The molecule has 0 aliphatic carbocycles. The number of aryl methyl sites for hydroxylation is 1. The van der Waals surface area contributed by atoms with Gasteiger partial charge in [-0.25, -0.2) is 0 Å². The molecule has 128 valence electrons. The van der Waals surface area contributed by atoms with Gasteiger partial charge in [-0.05, 0) is 18.6 Å². The van der Waals surface area contributed by atoms with Crippen molar-refractivity contribution in [2.75, 3.05) is 19.9 Å². The molecule has 3 heterocycles. The van der Waals surface area contributed by atoms with Crippen molar-refractivity contribution in [3.05, 3.63) is 40.2 Å². The van der Waals surface area contributed by atoms with Crippen molar-refractivity contribution < 1.29 is 19.1 Å². The van der Waals surface area contributed by atoms with Crippen LogP contribution >= 0.6 is 11.6 Å². The second-order valence-corrected chi connectivity index (χ2v) is 6.86. The molecule has 2 aliphatic heterocycles. The molecule has 1 aromatic carbocycles. The molecule has 7 heteroatoms. The normalized spacial score (nSPS) is 23.1. The summed E-state index contributed by atoms with van der Waals surface area (Å²) in [5.41, 5.74) is 1.84. The lowest BCUT2D eigenvalue weighted by Crippen LogP contribution is -2.21. The molecule has 2 aliphatic rings. The highest BCUT2D eigenvalue weighted by Gasteiger charge is 2.32. The van der Waals surface area contributed by atoms with Gasteiger partial charge in [0.25, 0.3) is 0 Å². The van der Waals surface area contributed by atoms with Crippen LogP contribution in [-0.2, 0) is 13.0 Å². The van der Waals surface area contributed by atoms with Crippen LogP contribution in [0.3, 0.4) is 0 Å². The largest absolute Gasteiger partial charge is 0.454 e. The molecule has 1 fully saturated rings. The summed E-state index contributed by atoms with van der Waals surface area (Å²) in [6, 6.07) is 5.63. The summed E-state index contributed by atoms with van der Waals surface area (Å²) >= 11 is 6.34. The predicted molar refractivity (Wildman–Crippen MR) is 87.3 cm³/mol. The monoisotopic (exact) mass is 350 g/mol. The Hall–Kier alpha value is -1.76. The lowest BCUT2D eigenvalue weighted by atomic mass is 10.0. The van der Waals surface area contributed by atoms with E-state index in [0.717, 1.165) is 29.3 Å². The third-order valence-corrected chi connectivity index (χ3v) is 4.91. The number of aromatic nitrogens is 1. The second-order valence-electron chi connectivity index (χ2n) is 6.46. The van der Waals surface area contributed by atoms with Gasteiger partial charge in [-0.1, -0.05) is 16.8 Å². The van der Waals surface area contributed by atoms with E-state index in [4.69, 9.17) is 25.6 Å². The molecule has 0 unspecified atom stereocenters. The molecule has 2 atom stereocenters. The molecule has 1 N–H and O–H groups in total. The Morgan fingerprint density at radius 3 is 2.79 bits per heavy atom. The Balaban J connectivity index is 1.43. The fourth-order valence-electron chi connectivity index (χ4n) is 3.36. The van der Waals surface area contributed by atoms with Crippen molar-refractivity contribution in [3.8, 4) is 11.5 Å². The first-order valence-electron chi connectivity index (χ1n) is 7.99. The minimum absolute atomic E-state index is 0.130. The van der Waals surface area contributed by atoms with Crippen molar-refractivity contribution in [2.45, 2.75) is 26.0 Å². The summed E-state index contributed by atoms with van der Waals surface area (Å²) in [6.45, 7) is 4.19. The van der Waals surface area contributed by atoms with E-state index >= 15 is 0 Å². The van der Waals surface area contributed by atoms with Crippen LogP contribution in [0.5, 0.6) is 11.5 Å². The van der Waals surface area contributed by atoms with Gasteiger partial charge in [0.2, 0.25) is 6.79 Å². The van der Waals surface area contributed by atoms with Gasteiger partial charge in [-0.3, -0.25) is 4.90 Å². The number of hydrogen-bond donors (Lipinski definition) is 1. The predicted octanol–water partition coefficient (Wildman–Crippen LogP) is 2.40. The van der Waals surface area contributed by atoms with Gasteiger partial charge >= 0.3 is 0 Å². The zero-order valence-electron chi connectivity index (χ0n) is 13.4. The van der Waals surface area contributed by atoms with Crippen molar-refractivity contribution in [1.29, 1.82) is 0 Å². The maximum atomic E-state index is 10.3. The quantitative estimate of drug-likeness (QED) is 0.913. The zero-order chi connectivity index (χ0) is 16.7. The smallest absolute Gasteiger partial charge is 0.231 e. The Labute approximate surface area is 144 Å². The van der Waals surface area contributed by atoms with E-state index < -0.39 is 0 Å². The standard InChI is InChI=1S/C17H19ClN2O4/c1-10-2-13(24-19-10)3-12-7-20(8-15(12)21)6-11-4-16-17(5-14(11)18)23-9-22-16/h2,4-5,12,15,21H,3,6-9H2,1H3/t12-,15+/m1/s1. The van der Waals surface area contributed by atoms with E-state index in [0.29, 0.717) is 30.3 Å². The van der Waals surface area contributed by atoms with Crippen LogP contribution < -0.4 is 9.47 Å². The first-order chi connectivity index (χ1) is 11.6. The molecule has 4 rings (SSSR count). The Morgan fingerprint density at radius 1 is 1.25 bits per heavy atom. The summed E-state index contributed by atoms with van der Waals surface area (Å²) in [6.07, 6.45) is 0.302. The van der Waals surface area contributed by atoms with Crippen LogP contribution in [0.1, 0.15) is 17.0 Å². The number of aliphatic hydroxyl groups is 1. The summed E-state index contributed by atoms with van der Waals surface area (Å²) in [5.74, 6) is 2.36. The van der Waals surface area contributed by atoms with Crippen LogP contribution in [0.25, 0.3) is 0 Å². The minimum Gasteiger partial charge on any atom is -0.454 e. The molecule has 2 aromatic rings. The topological polar surface area (TPSA) is 68.0 Å². The number of ether oxygens (including phenoxy) is 2. The molecular weight excluding hydrogens is 332 g/mol. The zero-order valence-corrected chi connectivity index (χ0v) is 14.1.